The van der Waals surface area contributed by atoms with E-state index in [2.05, 4.69) is 5.32 Å². The summed E-state index contributed by atoms with van der Waals surface area (Å²) < 4.78 is 0. The van der Waals surface area contributed by atoms with E-state index in [-0.39, 0.29) is 11.8 Å². The molecule has 0 unspecified atom stereocenters. The molecule has 1 fully saturated rings. The van der Waals surface area contributed by atoms with Crippen molar-refractivity contribution in [2.24, 2.45) is 5.92 Å². The molecular formula is C17H23ClN2O2S. The van der Waals surface area contributed by atoms with E-state index in [1.165, 1.54) is 0 Å². The Morgan fingerprint density at radius 3 is 2.91 bits per heavy atom. The van der Waals surface area contributed by atoms with E-state index in [1.807, 2.05) is 11.2 Å². The molecule has 0 aliphatic carbocycles. The van der Waals surface area contributed by atoms with Crippen molar-refractivity contribution in [1.29, 1.82) is 0 Å². The van der Waals surface area contributed by atoms with Gasteiger partial charge in [0.05, 0.1) is 10.6 Å². The molecule has 23 heavy (non-hydrogen) atoms. The molecule has 6 heteroatoms. The fourth-order valence-corrected chi connectivity index (χ4v) is 3.38. The topological polar surface area (TPSA) is 49.4 Å². The van der Waals surface area contributed by atoms with Gasteiger partial charge in [-0.1, -0.05) is 23.7 Å². The minimum Gasteiger partial charge on any atom is -0.352 e. The number of carbonyl (C=O) groups is 2. The van der Waals surface area contributed by atoms with E-state index in [0.29, 0.717) is 29.5 Å². The van der Waals surface area contributed by atoms with Gasteiger partial charge >= 0.3 is 0 Å². The van der Waals surface area contributed by atoms with Crippen LogP contribution in [-0.2, 0) is 4.79 Å². The smallest absolute Gasteiger partial charge is 0.252 e. The number of halogens is 1. The highest BCUT2D eigenvalue weighted by Crippen LogP contribution is 2.18. The number of thioether (sulfide) groups is 1. The minimum absolute atomic E-state index is 0.151. The Bertz CT molecular complexity index is 553. The van der Waals surface area contributed by atoms with Gasteiger partial charge in [0.15, 0.2) is 0 Å². The number of nitrogens with one attached hydrogen (secondary N) is 1. The average Bonchev–Trinajstić information content (AvgIpc) is 2.58. The predicted octanol–water partition coefficient (Wildman–Crippen LogP) is 3.06. The Hall–Kier alpha value is -1.20. The van der Waals surface area contributed by atoms with Gasteiger partial charge in [-0.25, -0.2) is 0 Å². The molecule has 0 saturated carbocycles. The highest BCUT2D eigenvalue weighted by molar-refractivity contribution is 7.98. The molecule has 0 radical (unpaired) electrons. The summed E-state index contributed by atoms with van der Waals surface area (Å²) in [6.07, 6.45) is 4.64. The van der Waals surface area contributed by atoms with Gasteiger partial charge in [0.25, 0.3) is 5.91 Å². The van der Waals surface area contributed by atoms with Gasteiger partial charge in [-0.05, 0) is 37.1 Å². The zero-order valence-corrected chi connectivity index (χ0v) is 15.0. The molecule has 1 atom stereocenters. The second-order valence-electron chi connectivity index (χ2n) is 5.78. The van der Waals surface area contributed by atoms with Gasteiger partial charge in [-0.15, -0.1) is 0 Å². The van der Waals surface area contributed by atoms with Gasteiger partial charge < -0.3 is 10.2 Å². The summed E-state index contributed by atoms with van der Waals surface area (Å²) in [5, 5.41) is 3.41. The SMILES string of the molecule is CSCCC(=O)N1CCC[C@H](CNC(=O)c2ccccc2Cl)C1. The van der Waals surface area contributed by atoms with Crippen molar-refractivity contribution in [2.45, 2.75) is 19.3 Å². The maximum absolute atomic E-state index is 12.2. The predicted molar refractivity (Wildman–Crippen MR) is 96.1 cm³/mol. The summed E-state index contributed by atoms with van der Waals surface area (Å²) in [6.45, 7) is 2.15. The lowest BCUT2D eigenvalue weighted by molar-refractivity contribution is -0.132. The summed E-state index contributed by atoms with van der Waals surface area (Å²) in [7, 11) is 0. The Morgan fingerprint density at radius 1 is 1.39 bits per heavy atom. The number of likely N-dealkylation sites (tertiary alicyclic amines) is 1. The van der Waals surface area contributed by atoms with Crippen LogP contribution in [0.4, 0.5) is 0 Å². The van der Waals surface area contributed by atoms with Crippen molar-refractivity contribution in [1.82, 2.24) is 10.2 Å². The number of amides is 2. The standard InChI is InChI=1S/C17H23ClN2O2S/c1-23-10-8-16(21)20-9-4-5-13(12-20)11-19-17(22)14-6-2-3-7-15(14)18/h2-3,6-7,13H,4-5,8-12H2,1H3,(H,19,22)/t13-/m1/s1. The number of benzene rings is 1. The van der Waals surface area contributed by atoms with Crippen LogP contribution in [0.2, 0.25) is 5.02 Å². The van der Waals surface area contributed by atoms with Crippen LogP contribution in [0.3, 0.4) is 0 Å². The summed E-state index contributed by atoms with van der Waals surface area (Å²) in [4.78, 5) is 26.2. The molecule has 2 amide bonds. The molecule has 0 spiro atoms. The summed E-state index contributed by atoms with van der Waals surface area (Å²) >= 11 is 7.73. The second kappa shape index (κ2) is 9.18. The molecule has 2 rings (SSSR count). The molecule has 1 aromatic carbocycles. The molecule has 1 saturated heterocycles. The first-order valence-corrected chi connectivity index (χ1v) is 9.68. The maximum atomic E-state index is 12.2. The van der Waals surface area contributed by atoms with Crippen LogP contribution in [0.1, 0.15) is 29.6 Å². The largest absolute Gasteiger partial charge is 0.352 e. The molecule has 0 aromatic heterocycles. The van der Waals surface area contributed by atoms with Crippen LogP contribution >= 0.6 is 23.4 Å². The Kier molecular flexibility index (Phi) is 7.24. The van der Waals surface area contributed by atoms with Crippen molar-refractivity contribution < 1.29 is 9.59 Å². The fourth-order valence-electron chi connectivity index (χ4n) is 2.78. The van der Waals surface area contributed by atoms with Gasteiger partial charge in [-0.3, -0.25) is 9.59 Å². The lowest BCUT2D eigenvalue weighted by atomic mass is 9.97. The molecule has 1 aliphatic rings. The molecule has 1 aliphatic heterocycles. The van der Waals surface area contributed by atoms with Crippen molar-refractivity contribution in [3.63, 3.8) is 0 Å². The van der Waals surface area contributed by atoms with Crippen molar-refractivity contribution in [3.05, 3.63) is 34.9 Å². The molecule has 4 nitrogen and oxygen atoms in total. The molecule has 1 N–H and O–H groups in total. The lowest BCUT2D eigenvalue weighted by Gasteiger charge is -2.33. The number of hydrogen-bond donors (Lipinski definition) is 1. The van der Waals surface area contributed by atoms with Crippen molar-refractivity contribution >= 4 is 35.2 Å². The van der Waals surface area contributed by atoms with Gasteiger partial charge in [0.2, 0.25) is 5.91 Å². The number of carbonyl (C=O) groups excluding carboxylic acids is 2. The van der Waals surface area contributed by atoms with Crippen molar-refractivity contribution in [2.75, 3.05) is 31.6 Å². The maximum Gasteiger partial charge on any atom is 0.252 e. The first-order chi connectivity index (χ1) is 11.1. The van der Waals surface area contributed by atoms with E-state index in [9.17, 15) is 9.59 Å². The highest BCUT2D eigenvalue weighted by atomic mass is 35.5. The summed E-state index contributed by atoms with van der Waals surface area (Å²) in [5.74, 6) is 1.25. The second-order valence-corrected chi connectivity index (χ2v) is 7.17. The highest BCUT2D eigenvalue weighted by Gasteiger charge is 2.23. The third-order valence-electron chi connectivity index (χ3n) is 4.06. The van der Waals surface area contributed by atoms with Crippen LogP contribution in [0.15, 0.2) is 24.3 Å². The zero-order chi connectivity index (χ0) is 16.7. The number of nitrogens with zero attached hydrogens (tertiary/aromatic N) is 1. The molecular weight excluding hydrogens is 332 g/mol. The normalized spacial score (nSPS) is 17.8. The Morgan fingerprint density at radius 2 is 2.17 bits per heavy atom. The van der Waals surface area contributed by atoms with Crippen LogP contribution in [0.5, 0.6) is 0 Å². The average molecular weight is 355 g/mol. The van der Waals surface area contributed by atoms with Crippen LogP contribution in [0.25, 0.3) is 0 Å². The van der Waals surface area contributed by atoms with E-state index in [1.54, 1.807) is 36.0 Å². The Labute approximate surface area is 146 Å². The van der Waals surface area contributed by atoms with E-state index >= 15 is 0 Å². The van der Waals surface area contributed by atoms with Gasteiger partial charge in [-0.2, -0.15) is 11.8 Å². The fraction of sp³-hybridized carbons (Fsp3) is 0.529. The van der Waals surface area contributed by atoms with E-state index in [4.69, 9.17) is 11.6 Å². The third-order valence-corrected chi connectivity index (χ3v) is 5.00. The van der Waals surface area contributed by atoms with Crippen molar-refractivity contribution in [3.8, 4) is 0 Å². The third kappa shape index (κ3) is 5.43. The van der Waals surface area contributed by atoms with Crippen LogP contribution in [-0.4, -0.2) is 48.4 Å². The first-order valence-electron chi connectivity index (χ1n) is 7.91. The zero-order valence-electron chi connectivity index (χ0n) is 13.4. The van der Waals surface area contributed by atoms with E-state index in [0.717, 1.165) is 31.7 Å². The quantitative estimate of drug-likeness (QED) is 0.854. The Balaban J connectivity index is 1.82. The minimum atomic E-state index is -0.151. The molecule has 126 valence electrons. The number of hydrogen-bond acceptors (Lipinski definition) is 3. The van der Waals surface area contributed by atoms with E-state index < -0.39 is 0 Å². The lowest BCUT2D eigenvalue weighted by Crippen LogP contribution is -2.43. The van der Waals surface area contributed by atoms with Crippen LogP contribution < -0.4 is 5.32 Å². The van der Waals surface area contributed by atoms with Gasteiger partial charge in [0, 0.05) is 31.8 Å². The summed E-state index contributed by atoms with van der Waals surface area (Å²) in [5.41, 5.74) is 0.498. The number of rotatable bonds is 6. The number of piperidine rings is 1. The molecule has 1 heterocycles. The summed E-state index contributed by atoms with van der Waals surface area (Å²) in [6, 6.07) is 7.03. The monoisotopic (exact) mass is 354 g/mol. The first kappa shape index (κ1) is 18.1. The molecule has 0 bridgehead atoms. The molecule has 1 aromatic rings. The van der Waals surface area contributed by atoms with Crippen LogP contribution in [0, 0.1) is 5.92 Å². The van der Waals surface area contributed by atoms with Gasteiger partial charge in [0.1, 0.15) is 0 Å².